The molecule has 14 heteroatoms. The molecule has 2 N–H and O–H groups in total. The molecule has 0 radical (unpaired) electrons. The van der Waals surface area contributed by atoms with Gasteiger partial charge in [0.05, 0.1) is 21.4 Å². The third kappa shape index (κ3) is 7.96. The van der Waals surface area contributed by atoms with Gasteiger partial charge in [-0.25, -0.2) is 0 Å². The highest BCUT2D eigenvalue weighted by Crippen LogP contribution is 2.31. The molecular formula is C18H20N2O10S2. The molecule has 0 fully saturated rings. The van der Waals surface area contributed by atoms with Gasteiger partial charge in [0.1, 0.15) is 0 Å². The lowest BCUT2D eigenvalue weighted by Crippen LogP contribution is -2.18. The summed E-state index contributed by atoms with van der Waals surface area (Å²) in [6, 6.07) is 10.1. The molecule has 12 nitrogen and oxygen atoms in total. The molecule has 1 unspecified atom stereocenters. The van der Waals surface area contributed by atoms with E-state index >= 15 is 0 Å². The van der Waals surface area contributed by atoms with E-state index in [0.29, 0.717) is 11.1 Å². The van der Waals surface area contributed by atoms with Crippen LogP contribution in [0.25, 0.3) is 0 Å². The molecule has 0 amide bonds. The van der Waals surface area contributed by atoms with Gasteiger partial charge in [-0.15, -0.1) is 0 Å². The predicted molar refractivity (Wildman–Crippen MR) is 114 cm³/mol. The fourth-order valence-electron chi connectivity index (χ4n) is 3.34. The molecule has 0 bridgehead atoms. The summed E-state index contributed by atoms with van der Waals surface area (Å²) in [6.07, 6.45) is 0.0730. The van der Waals surface area contributed by atoms with Gasteiger partial charge in [-0.2, -0.15) is 16.8 Å². The Labute approximate surface area is 183 Å². The van der Waals surface area contributed by atoms with Crippen LogP contribution < -0.4 is 0 Å². The summed E-state index contributed by atoms with van der Waals surface area (Å²) in [5.41, 5.74) is 0.328. The van der Waals surface area contributed by atoms with Gasteiger partial charge >= 0.3 is 0 Å². The predicted octanol–water partition coefficient (Wildman–Crippen LogP) is 2.93. The van der Waals surface area contributed by atoms with Gasteiger partial charge in [0.15, 0.2) is 0 Å². The highest BCUT2D eigenvalue weighted by Gasteiger charge is 2.25. The van der Waals surface area contributed by atoms with Crippen LogP contribution in [0.15, 0.2) is 48.5 Å². The lowest BCUT2D eigenvalue weighted by molar-refractivity contribution is -0.385. The van der Waals surface area contributed by atoms with Crippen molar-refractivity contribution in [2.24, 2.45) is 0 Å². The standard InChI is InChI=1S/C18H20N2O10S2/c21-19(22)17-7-3-13(4-8-17)15(11-31(25,26)27)1-2-16(12-32(28,29)30)14-5-9-18(10-6-14)20(23)24/h3-10,15-16H,1-2,11-12H2,(H,25,26,27)(H,28,29,30)/t15-,16?/m1/s1. The van der Waals surface area contributed by atoms with Gasteiger partial charge in [-0.1, -0.05) is 24.3 Å². The first-order valence-corrected chi connectivity index (χ1v) is 12.4. The number of rotatable bonds is 11. The first-order chi connectivity index (χ1) is 14.7. The fourth-order valence-corrected chi connectivity index (χ4v) is 5.07. The Kier molecular flexibility index (Phi) is 8.01. The summed E-state index contributed by atoms with van der Waals surface area (Å²) in [6.45, 7) is 0. The maximum absolute atomic E-state index is 11.5. The molecule has 2 atom stereocenters. The number of nitro groups is 2. The Morgan fingerprint density at radius 2 is 0.938 bits per heavy atom. The van der Waals surface area contributed by atoms with E-state index in [1.807, 2.05) is 0 Å². The van der Waals surface area contributed by atoms with E-state index in [-0.39, 0.29) is 24.2 Å². The van der Waals surface area contributed by atoms with Crippen molar-refractivity contribution in [1.29, 1.82) is 0 Å². The minimum atomic E-state index is -4.44. The molecule has 0 saturated carbocycles. The van der Waals surface area contributed by atoms with Crippen LogP contribution in [0.1, 0.15) is 35.8 Å². The molecule has 0 aliphatic heterocycles. The second-order valence-corrected chi connectivity index (χ2v) is 10.2. The molecule has 2 aromatic rings. The fraction of sp³-hybridized carbons (Fsp3) is 0.333. The monoisotopic (exact) mass is 488 g/mol. The van der Waals surface area contributed by atoms with E-state index in [1.165, 1.54) is 48.5 Å². The molecule has 174 valence electrons. The first kappa shape index (κ1) is 25.3. The van der Waals surface area contributed by atoms with Gasteiger partial charge in [-0.05, 0) is 24.0 Å². The van der Waals surface area contributed by atoms with Gasteiger partial charge in [0, 0.05) is 36.1 Å². The Bertz CT molecular complexity index is 1080. The number of nitrogens with zero attached hydrogens (tertiary/aromatic N) is 2. The Hall–Kier alpha value is -2.94. The van der Waals surface area contributed by atoms with Crippen LogP contribution >= 0.6 is 0 Å². The average Bonchev–Trinajstić information content (AvgIpc) is 2.68. The maximum atomic E-state index is 11.5. The van der Waals surface area contributed by atoms with E-state index in [2.05, 4.69) is 0 Å². The third-order valence-electron chi connectivity index (χ3n) is 4.84. The van der Waals surface area contributed by atoms with E-state index in [9.17, 15) is 46.2 Å². The number of nitro benzene ring substituents is 2. The summed E-state index contributed by atoms with van der Waals surface area (Å²) in [4.78, 5) is 20.4. The largest absolute Gasteiger partial charge is 0.286 e. The second kappa shape index (κ2) is 10.1. The summed E-state index contributed by atoms with van der Waals surface area (Å²) in [5, 5.41) is 21.7. The normalized spacial score (nSPS) is 13.9. The van der Waals surface area contributed by atoms with E-state index in [4.69, 9.17) is 0 Å². The van der Waals surface area contributed by atoms with Crippen LogP contribution in [-0.2, 0) is 20.2 Å². The summed E-state index contributed by atoms with van der Waals surface area (Å²) in [5.74, 6) is -3.06. The molecule has 2 aromatic carbocycles. The number of hydrogen-bond acceptors (Lipinski definition) is 8. The molecule has 0 spiro atoms. The van der Waals surface area contributed by atoms with Crippen LogP contribution in [0.2, 0.25) is 0 Å². The van der Waals surface area contributed by atoms with Gasteiger partial charge in [-0.3, -0.25) is 29.3 Å². The topological polar surface area (TPSA) is 195 Å². The molecule has 0 heterocycles. The minimum absolute atomic E-state index is 0.0365. The van der Waals surface area contributed by atoms with Crippen molar-refractivity contribution in [2.75, 3.05) is 11.5 Å². The summed E-state index contributed by atoms with van der Waals surface area (Å²) >= 11 is 0. The summed E-state index contributed by atoms with van der Waals surface area (Å²) < 4.78 is 64.5. The zero-order chi connectivity index (χ0) is 24.1. The SMILES string of the molecule is O=[N+]([O-])c1ccc(C(CC[C@H](CS(=O)(=O)O)c2ccc([N+](=O)[O-])cc2)CS(=O)(=O)O)cc1. The maximum Gasteiger partial charge on any atom is 0.269 e. The molecule has 32 heavy (non-hydrogen) atoms. The van der Waals surface area contributed by atoms with Crippen LogP contribution in [0.4, 0.5) is 11.4 Å². The quantitative estimate of drug-likeness (QED) is 0.269. The minimum Gasteiger partial charge on any atom is -0.286 e. The van der Waals surface area contributed by atoms with Crippen molar-refractivity contribution < 1.29 is 35.8 Å². The van der Waals surface area contributed by atoms with Crippen LogP contribution in [-0.4, -0.2) is 47.3 Å². The smallest absolute Gasteiger partial charge is 0.269 e. The van der Waals surface area contributed by atoms with Crippen molar-refractivity contribution in [3.05, 3.63) is 79.9 Å². The van der Waals surface area contributed by atoms with Crippen molar-refractivity contribution in [2.45, 2.75) is 24.7 Å². The number of benzene rings is 2. The van der Waals surface area contributed by atoms with Gasteiger partial charge < -0.3 is 0 Å². The van der Waals surface area contributed by atoms with Crippen molar-refractivity contribution in [1.82, 2.24) is 0 Å². The van der Waals surface area contributed by atoms with Crippen molar-refractivity contribution in [3.8, 4) is 0 Å². The first-order valence-electron chi connectivity index (χ1n) is 9.14. The van der Waals surface area contributed by atoms with Gasteiger partial charge in [0.25, 0.3) is 31.6 Å². The van der Waals surface area contributed by atoms with Crippen molar-refractivity contribution >= 4 is 31.6 Å². The number of hydrogen-bond donors (Lipinski definition) is 2. The highest BCUT2D eigenvalue weighted by molar-refractivity contribution is 7.86. The number of non-ortho nitro benzene ring substituents is 2. The Balaban J connectivity index is 2.31. The molecule has 2 rings (SSSR count). The Morgan fingerprint density at radius 3 is 1.16 bits per heavy atom. The van der Waals surface area contributed by atoms with Crippen LogP contribution in [0, 0.1) is 20.2 Å². The van der Waals surface area contributed by atoms with Crippen LogP contribution in [0.3, 0.4) is 0 Å². The zero-order valence-electron chi connectivity index (χ0n) is 16.5. The van der Waals surface area contributed by atoms with E-state index in [0.717, 1.165) is 0 Å². The zero-order valence-corrected chi connectivity index (χ0v) is 18.1. The molecule has 0 saturated heterocycles. The van der Waals surface area contributed by atoms with E-state index in [1.54, 1.807) is 0 Å². The molecule has 0 aliphatic rings. The van der Waals surface area contributed by atoms with Crippen LogP contribution in [0.5, 0.6) is 0 Å². The second-order valence-electron chi connectivity index (χ2n) is 7.17. The molecule has 0 aromatic heterocycles. The third-order valence-corrected chi connectivity index (χ3v) is 6.49. The lowest BCUT2D eigenvalue weighted by atomic mass is 9.89. The lowest BCUT2D eigenvalue weighted by Gasteiger charge is -2.21. The van der Waals surface area contributed by atoms with Gasteiger partial charge in [0.2, 0.25) is 0 Å². The molecule has 0 aliphatic carbocycles. The summed E-state index contributed by atoms with van der Waals surface area (Å²) in [7, 11) is -8.87. The van der Waals surface area contributed by atoms with Crippen molar-refractivity contribution in [3.63, 3.8) is 0 Å². The molecular weight excluding hydrogens is 468 g/mol. The van der Waals surface area contributed by atoms with E-state index < -0.39 is 53.4 Å². The average molecular weight is 488 g/mol. The highest BCUT2D eigenvalue weighted by atomic mass is 32.2. The Morgan fingerprint density at radius 1 is 0.656 bits per heavy atom.